The molecule has 0 aliphatic heterocycles. The summed E-state index contributed by atoms with van der Waals surface area (Å²) in [5, 5.41) is 21.0. The van der Waals surface area contributed by atoms with Crippen LogP contribution in [-0.4, -0.2) is 28.2 Å². The Morgan fingerprint density at radius 3 is 2.65 bits per heavy atom. The summed E-state index contributed by atoms with van der Waals surface area (Å²) in [6.07, 6.45) is 7.16. The van der Waals surface area contributed by atoms with E-state index in [1.807, 2.05) is 0 Å². The molecule has 0 heterocycles. The summed E-state index contributed by atoms with van der Waals surface area (Å²) in [6, 6.07) is 0. The van der Waals surface area contributed by atoms with Crippen molar-refractivity contribution in [2.75, 3.05) is 0 Å². The lowest BCUT2D eigenvalue weighted by Crippen LogP contribution is -2.55. The summed E-state index contributed by atoms with van der Waals surface area (Å²) in [6.45, 7) is 4.54. The van der Waals surface area contributed by atoms with E-state index in [4.69, 9.17) is 0 Å². The fourth-order valence-corrected chi connectivity index (χ4v) is 7.28. The molecule has 3 heteroatoms. The molecule has 0 spiro atoms. The first-order valence-electron chi connectivity index (χ1n) is 9.48. The lowest BCUT2D eigenvalue weighted by atomic mass is 9.46. The number of Topliss-reactive ketones (excluding diaryl/α,β-unsaturated/α-hetero) is 1. The Bertz CT molecular complexity index is 610. The molecule has 4 fully saturated rings. The predicted molar refractivity (Wildman–Crippen MR) is 86.5 cm³/mol. The summed E-state index contributed by atoms with van der Waals surface area (Å²) in [5.41, 5.74) is 1.23. The number of carbonyl (C=O) groups excluding carboxylic acids is 1. The Kier molecular flexibility index (Phi) is 2.73. The van der Waals surface area contributed by atoms with Crippen LogP contribution in [0.5, 0.6) is 0 Å². The summed E-state index contributed by atoms with van der Waals surface area (Å²) in [4.78, 5) is 12.8. The highest BCUT2D eigenvalue weighted by molar-refractivity contribution is 5.92. The molecule has 5 aliphatic rings. The maximum atomic E-state index is 12.8. The van der Waals surface area contributed by atoms with E-state index in [0.29, 0.717) is 29.5 Å². The molecular weight excluding hydrogens is 288 g/mol. The average Bonchev–Trinajstić information content (AvgIpc) is 3.24. The van der Waals surface area contributed by atoms with Gasteiger partial charge in [0.1, 0.15) is 5.78 Å². The highest BCUT2D eigenvalue weighted by Gasteiger charge is 2.71. The number of hydrogen-bond donors (Lipinski definition) is 2. The van der Waals surface area contributed by atoms with Gasteiger partial charge < -0.3 is 10.2 Å². The molecule has 0 aromatic carbocycles. The fraction of sp³-hybridized carbons (Fsp3) is 0.850. The first-order chi connectivity index (χ1) is 10.9. The minimum atomic E-state index is -0.426. The molecule has 4 saturated carbocycles. The van der Waals surface area contributed by atoms with Gasteiger partial charge in [-0.15, -0.1) is 0 Å². The first kappa shape index (κ1) is 14.7. The lowest BCUT2D eigenvalue weighted by molar-refractivity contribution is -0.140. The topological polar surface area (TPSA) is 57.5 Å². The van der Waals surface area contributed by atoms with Crippen molar-refractivity contribution in [2.24, 2.45) is 40.4 Å². The van der Waals surface area contributed by atoms with Crippen molar-refractivity contribution in [2.45, 2.75) is 64.6 Å². The second-order valence-electron chi connectivity index (χ2n) is 9.53. The van der Waals surface area contributed by atoms with Gasteiger partial charge >= 0.3 is 0 Å². The predicted octanol–water partition coefficient (Wildman–Crippen LogP) is 2.71. The van der Waals surface area contributed by atoms with Crippen LogP contribution < -0.4 is 0 Å². The Hall–Kier alpha value is -0.670. The quantitative estimate of drug-likeness (QED) is 0.676. The van der Waals surface area contributed by atoms with Gasteiger partial charge in [0.15, 0.2) is 0 Å². The normalized spacial score (nSPS) is 60.3. The second kappa shape index (κ2) is 4.29. The summed E-state index contributed by atoms with van der Waals surface area (Å²) in [7, 11) is 0. The molecule has 0 aromatic rings. The van der Waals surface area contributed by atoms with E-state index in [-0.39, 0.29) is 22.9 Å². The van der Waals surface area contributed by atoms with Gasteiger partial charge in [-0.2, -0.15) is 0 Å². The molecule has 23 heavy (non-hydrogen) atoms. The third-order valence-electron chi connectivity index (χ3n) is 8.56. The zero-order valence-electron chi connectivity index (χ0n) is 14.2. The number of aliphatic hydroxyl groups excluding tert-OH is 2. The van der Waals surface area contributed by atoms with Crippen molar-refractivity contribution in [1.82, 2.24) is 0 Å². The second-order valence-corrected chi connectivity index (χ2v) is 9.53. The summed E-state index contributed by atoms with van der Waals surface area (Å²) < 4.78 is 0. The van der Waals surface area contributed by atoms with Gasteiger partial charge in [0.2, 0.25) is 0 Å². The van der Waals surface area contributed by atoms with Crippen LogP contribution in [-0.2, 0) is 4.79 Å². The number of fused-ring (bicyclic) bond motifs is 7. The third kappa shape index (κ3) is 1.66. The van der Waals surface area contributed by atoms with Crippen LogP contribution in [0.3, 0.4) is 0 Å². The van der Waals surface area contributed by atoms with Crippen molar-refractivity contribution in [3.63, 3.8) is 0 Å². The first-order valence-corrected chi connectivity index (χ1v) is 9.48. The van der Waals surface area contributed by atoms with Crippen LogP contribution in [0, 0.1) is 40.4 Å². The smallest absolute Gasteiger partial charge is 0.142 e. The van der Waals surface area contributed by atoms with Crippen molar-refractivity contribution >= 4 is 5.78 Å². The minimum Gasteiger partial charge on any atom is -0.393 e. The number of carbonyl (C=O) groups is 1. The van der Waals surface area contributed by atoms with Gasteiger partial charge in [-0.3, -0.25) is 4.79 Å². The van der Waals surface area contributed by atoms with E-state index in [1.54, 1.807) is 0 Å². The van der Waals surface area contributed by atoms with Crippen molar-refractivity contribution in [3.05, 3.63) is 11.6 Å². The SMILES string of the molecule is C[C@]12CC[C@H](O)CC1=C[C@H](O)[C@H]1[C@@H]3[C@@H]4C[C@@H]4C(=O)[C@@]3(C)CC[C@@H]12. The summed E-state index contributed by atoms with van der Waals surface area (Å²) >= 11 is 0. The monoisotopic (exact) mass is 316 g/mol. The molecule has 0 unspecified atom stereocenters. The number of ketones is 1. The Labute approximate surface area is 138 Å². The van der Waals surface area contributed by atoms with Crippen LogP contribution in [0.4, 0.5) is 0 Å². The number of rotatable bonds is 0. The molecule has 126 valence electrons. The lowest BCUT2D eigenvalue weighted by Gasteiger charge is -2.58. The van der Waals surface area contributed by atoms with Crippen molar-refractivity contribution < 1.29 is 15.0 Å². The van der Waals surface area contributed by atoms with E-state index in [1.165, 1.54) is 5.57 Å². The van der Waals surface area contributed by atoms with Crippen molar-refractivity contribution in [3.8, 4) is 0 Å². The van der Waals surface area contributed by atoms with Gasteiger partial charge in [-0.05, 0) is 67.6 Å². The average molecular weight is 316 g/mol. The van der Waals surface area contributed by atoms with Gasteiger partial charge in [-0.1, -0.05) is 25.5 Å². The minimum absolute atomic E-state index is 0.125. The van der Waals surface area contributed by atoms with Crippen molar-refractivity contribution in [1.29, 1.82) is 0 Å². The van der Waals surface area contributed by atoms with Gasteiger partial charge in [0.05, 0.1) is 12.2 Å². The molecule has 5 aliphatic carbocycles. The van der Waals surface area contributed by atoms with Crippen LogP contribution in [0.15, 0.2) is 11.6 Å². The molecule has 5 rings (SSSR count). The third-order valence-corrected chi connectivity index (χ3v) is 8.56. The standard InChI is InChI=1S/C20H28O3/c1-19-5-3-11(21)7-10(19)8-15(22)16-14(19)4-6-20(2)17(16)12-9-13(12)18(20)23/h8,11-17,21-22H,3-7,9H2,1-2H3/t11-,12+,13-,14-,15-,16-,17-,19-,20-/m0/s1. The largest absolute Gasteiger partial charge is 0.393 e. The molecular formula is C20H28O3. The summed E-state index contributed by atoms with van der Waals surface area (Å²) in [5.74, 6) is 2.46. The van der Waals surface area contributed by atoms with E-state index < -0.39 is 6.10 Å². The van der Waals surface area contributed by atoms with Gasteiger partial charge in [0, 0.05) is 11.3 Å². The Morgan fingerprint density at radius 2 is 1.87 bits per heavy atom. The highest BCUT2D eigenvalue weighted by atomic mass is 16.3. The maximum Gasteiger partial charge on any atom is 0.142 e. The van der Waals surface area contributed by atoms with Crippen LogP contribution in [0.2, 0.25) is 0 Å². The molecule has 9 atom stereocenters. The van der Waals surface area contributed by atoms with Gasteiger partial charge in [-0.25, -0.2) is 0 Å². The Morgan fingerprint density at radius 1 is 1.13 bits per heavy atom. The molecule has 0 amide bonds. The molecule has 3 nitrogen and oxygen atoms in total. The van der Waals surface area contributed by atoms with Crippen LogP contribution in [0.25, 0.3) is 0 Å². The number of aliphatic hydroxyl groups is 2. The highest BCUT2D eigenvalue weighted by Crippen LogP contribution is 2.71. The zero-order chi connectivity index (χ0) is 16.1. The van der Waals surface area contributed by atoms with E-state index >= 15 is 0 Å². The molecule has 0 aromatic heterocycles. The van der Waals surface area contributed by atoms with Crippen LogP contribution >= 0.6 is 0 Å². The zero-order valence-corrected chi connectivity index (χ0v) is 14.2. The van der Waals surface area contributed by atoms with E-state index in [0.717, 1.165) is 38.5 Å². The molecule has 0 radical (unpaired) electrons. The Balaban J connectivity index is 1.58. The maximum absolute atomic E-state index is 12.8. The molecule has 0 bridgehead atoms. The van der Waals surface area contributed by atoms with E-state index in [2.05, 4.69) is 19.9 Å². The number of hydrogen-bond acceptors (Lipinski definition) is 3. The van der Waals surface area contributed by atoms with Gasteiger partial charge in [0.25, 0.3) is 0 Å². The molecule has 2 N–H and O–H groups in total. The fourth-order valence-electron chi connectivity index (χ4n) is 7.28. The molecule has 0 saturated heterocycles. The van der Waals surface area contributed by atoms with E-state index in [9.17, 15) is 15.0 Å². The van der Waals surface area contributed by atoms with Crippen LogP contribution in [0.1, 0.15) is 52.4 Å².